The Bertz CT molecular complexity index is 403. The first-order valence-corrected chi connectivity index (χ1v) is 4.76. The molecular weight excluding hydrogens is 170 g/mol. The van der Waals surface area contributed by atoms with E-state index in [2.05, 4.69) is 42.2 Å². The maximum Gasteiger partial charge on any atom is 0.0451 e. The first-order chi connectivity index (χ1) is 6.79. The van der Waals surface area contributed by atoms with Gasteiger partial charge in [0.05, 0.1) is 0 Å². The van der Waals surface area contributed by atoms with Crippen molar-refractivity contribution in [1.29, 1.82) is 0 Å². The Balaban J connectivity index is 2.61. The summed E-state index contributed by atoms with van der Waals surface area (Å²) in [6.45, 7) is 4.17. The summed E-state index contributed by atoms with van der Waals surface area (Å²) >= 11 is 0. The quantitative estimate of drug-likeness (QED) is 0.660. The van der Waals surface area contributed by atoms with Gasteiger partial charge < -0.3 is 0 Å². The van der Waals surface area contributed by atoms with Crippen LogP contribution in [0.15, 0.2) is 42.6 Å². The summed E-state index contributed by atoms with van der Waals surface area (Å²) in [7, 11) is 0. The Morgan fingerprint density at radius 3 is 2.29 bits per heavy atom. The van der Waals surface area contributed by atoms with E-state index in [0.717, 1.165) is 5.69 Å². The topological polar surface area (TPSA) is 12.9 Å². The van der Waals surface area contributed by atoms with Crippen LogP contribution in [-0.4, -0.2) is 4.98 Å². The van der Waals surface area contributed by atoms with Crippen LogP contribution in [0.4, 0.5) is 0 Å². The summed E-state index contributed by atoms with van der Waals surface area (Å²) in [5.41, 5.74) is 4.88. The maximum atomic E-state index is 4.30. The number of rotatable bonds is 1. The average Bonchev–Trinajstić information content (AvgIpc) is 2.20. The highest BCUT2D eigenvalue weighted by Crippen LogP contribution is 2.24. The molecule has 0 amide bonds. The molecule has 0 atom stereocenters. The van der Waals surface area contributed by atoms with Crippen molar-refractivity contribution in [1.82, 2.24) is 4.98 Å². The van der Waals surface area contributed by atoms with Gasteiger partial charge in [-0.2, -0.15) is 0 Å². The van der Waals surface area contributed by atoms with E-state index in [9.17, 15) is 0 Å². The van der Waals surface area contributed by atoms with Crippen molar-refractivity contribution in [3.63, 3.8) is 0 Å². The summed E-state index contributed by atoms with van der Waals surface area (Å²) in [4.78, 5) is 4.30. The second-order valence-corrected chi connectivity index (χ2v) is 3.45. The van der Waals surface area contributed by atoms with Crippen LogP contribution in [0.1, 0.15) is 11.3 Å². The largest absolute Gasteiger partial charge is 0.261 e. The van der Waals surface area contributed by atoms with Crippen LogP contribution in [0.3, 0.4) is 0 Å². The lowest BCUT2D eigenvalue weighted by atomic mass is 10.00. The van der Waals surface area contributed by atoms with Crippen molar-refractivity contribution in [2.75, 3.05) is 0 Å². The van der Waals surface area contributed by atoms with E-state index in [1.807, 2.05) is 19.2 Å². The molecule has 1 heterocycles. The van der Waals surface area contributed by atoms with Crippen molar-refractivity contribution in [3.05, 3.63) is 53.9 Å². The van der Waals surface area contributed by atoms with E-state index in [0.29, 0.717) is 0 Å². The zero-order chi connectivity index (χ0) is 9.97. The van der Waals surface area contributed by atoms with Crippen molar-refractivity contribution in [2.24, 2.45) is 0 Å². The van der Waals surface area contributed by atoms with Gasteiger partial charge in [-0.1, -0.05) is 30.3 Å². The Morgan fingerprint density at radius 2 is 1.57 bits per heavy atom. The molecule has 0 saturated carbocycles. The van der Waals surface area contributed by atoms with Crippen LogP contribution in [0.5, 0.6) is 0 Å². The lowest BCUT2D eigenvalue weighted by Gasteiger charge is -2.07. The molecule has 1 heteroatoms. The fourth-order valence-electron chi connectivity index (χ4n) is 1.64. The summed E-state index contributed by atoms with van der Waals surface area (Å²) in [5.74, 6) is 0. The minimum Gasteiger partial charge on any atom is -0.261 e. The Kier molecular flexibility index (Phi) is 2.32. The fourth-order valence-corrected chi connectivity index (χ4v) is 1.64. The number of nitrogens with zero attached hydrogens (tertiary/aromatic N) is 1. The lowest BCUT2D eigenvalue weighted by Crippen LogP contribution is -1.88. The molecule has 0 N–H and O–H groups in total. The second-order valence-electron chi connectivity index (χ2n) is 3.45. The third-order valence-electron chi connectivity index (χ3n) is 2.44. The predicted molar refractivity (Wildman–Crippen MR) is 59.1 cm³/mol. The molecule has 0 aliphatic rings. The molecule has 0 saturated heterocycles. The molecule has 0 aliphatic heterocycles. The van der Waals surface area contributed by atoms with Gasteiger partial charge in [-0.15, -0.1) is 0 Å². The van der Waals surface area contributed by atoms with Gasteiger partial charge in [0.2, 0.25) is 0 Å². The number of aromatic nitrogens is 1. The Labute approximate surface area is 84.4 Å². The summed E-state index contributed by atoms with van der Waals surface area (Å²) in [6, 6.07) is 12.5. The van der Waals surface area contributed by atoms with Gasteiger partial charge >= 0.3 is 0 Å². The van der Waals surface area contributed by atoms with E-state index in [4.69, 9.17) is 0 Å². The molecule has 0 radical (unpaired) electrons. The molecule has 1 aromatic carbocycles. The van der Waals surface area contributed by atoms with E-state index < -0.39 is 0 Å². The number of hydrogen-bond donors (Lipinski definition) is 0. The summed E-state index contributed by atoms with van der Waals surface area (Å²) < 4.78 is 0. The number of aryl methyl sites for hydroxylation is 2. The van der Waals surface area contributed by atoms with Gasteiger partial charge in [0.15, 0.2) is 0 Å². The normalized spacial score (nSPS) is 10.1. The third kappa shape index (κ3) is 1.53. The minimum atomic E-state index is 1.09. The van der Waals surface area contributed by atoms with Crippen molar-refractivity contribution in [3.8, 4) is 11.1 Å². The third-order valence-corrected chi connectivity index (χ3v) is 2.44. The van der Waals surface area contributed by atoms with Gasteiger partial charge in [-0.3, -0.25) is 4.98 Å². The average molecular weight is 183 g/mol. The number of pyridine rings is 1. The highest BCUT2D eigenvalue weighted by Gasteiger charge is 2.03. The number of hydrogen-bond acceptors (Lipinski definition) is 1. The molecule has 70 valence electrons. The standard InChI is InChI=1S/C13H13N/c1-10-6-3-4-7-12(10)13-8-5-9-14-11(13)2/h3-9H,1-2H3. The highest BCUT2D eigenvalue weighted by molar-refractivity contribution is 5.68. The van der Waals surface area contributed by atoms with E-state index in [1.165, 1.54) is 16.7 Å². The molecule has 1 aromatic heterocycles. The molecule has 0 bridgehead atoms. The second kappa shape index (κ2) is 3.62. The summed E-state index contributed by atoms with van der Waals surface area (Å²) in [5, 5.41) is 0. The van der Waals surface area contributed by atoms with E-state index >= 15 is 0 Å². The summed E-state index contributed by atoms with van der Waals surface area (Å²) in [6.07, 6.45) is 1.83. The molecule has 0 aliphatic carbocycles. The predicted octanol–water partition coefficient (Wildman–Crippen LogP) is 3.37. The van der Waals surface area contributed by atoms with Crippen LogP contribution >= 0.6 is 0 Å². The smallest absolute Gasteiger partial charge is 0.0451 e. The first kappa shape index (κ1) is 8.95. The van der Waals surface area contributed by atoms with E-state index in [1.54, 1.807) is 0 Å². The SMILES string of the molecule is Cc1ccccc1-c1cccnc1C. The molecule has 1 nitrogen and oxygen atoms in total. The van der Waals surface area contributed by atoms with Crippen LogP contribution in [0, 0.1) is 13.8 Å². The fraction of sp³-hybridized carbons (Fsp3) is 0.154. The first-order valence-electron chi connectivity index (χ1n) is 4.76. The maximum absolute atomic E-state index is 4.30. The van der Waals surface area contributed by atoms with Gasteiger partial charge in [0.1, 0.15) is 0 Å². The Morgan fingerprint density at radius 1 is 0.857 bits per heavy atom. The molecular formula is C13H13N. The molecule has 14 heavy (non-hydrogen) atoms. The monoisotopic (exact) mass is 183 g/mol. The molecule has 0 fully saturated rings. The van der Waals surface area contributed by atoms with Crippen LogP contribution < -0.4 is 0 Å². The lowest BCUT2D eigenvalue weighted by molar-refractivity contribution is 1.20. The molecule has 0 spiro atoms. The number of benzene rings is 1. The van der Waals surface area contributed by atoms with Gasteiger partial charge in [-0.05, 0) is 31.0 Å². The zero-order valence-electron chi connectivity index (χ0n) is 8.49. The molecule has 2 rings (SSSR count). The van der Waals surface area contributed by atoms with E-state index in [-0.39, 0.29) is 0 Å². The molecule has 2 aromatic rings. The van der Waals surface area contributed by atoms with Crippen molar-refractivity contribution < 1.29 is 0 Å². The minimum absolute atomic E-state index is 1.09. The Hall–Kier alpha value is -1.63. The van der Waals surface area contributed by atoms with Gasteiger partial charge in [-0.25, -0.2) is 0 Å². The van der Waals surface area contributed by atoms with Gasteiger partial charge in [0, 0.05) is 17.5 Å². The zero-order valence-corrected chi connectivity index (χ0v) is 8.49. The van der Waals surface area contributed by atoms with Crippen molar-refractivity contribution in [2.45, 2.75) is 13.8 Å². The van der Waals surface area contributed by atoms with Crippen molar-refractivity contribution >= 4 is 0 Å². The van der Waals surface area contributed by atoms with Crippen LogP contribution in [-0.2, 0) is 0 Å². The van der Waals surface area contributed by atoms with Crippen LogP contribution in [0.25, 0.3) is 11.1 Å². The van der Waals surface area contributed by atoms with Crippen LogP contribution in [0.2, 0.25) is 0 Å². The van der Waals surface area contributed by atoms with Gasteiger partial charge in [0.25, 0.3) is 0 Å². The highest BCUT2D eigenvalue weighted by atomic mass is 14.7. The molecule has 0 unspecified atom stereocenters.